The summed E-state index contributed by atoms with van der Waals surface area (Å²) < 4.78 is 5.22. The molecule has 2 aromatic rings. The highest BCUT2D eigenvalue weighted by Crippen LogP contribution is 2.22. The predicted molar refractivity (Wildman–Crippen MR) is 90.5 cm³/mol. The zero-order valence-corrected chi connectivity index (χ0v) is 13.3. The van der Waals surface area contributed by atoms with Gasteiger partial charge in [0.2, 0.25) is 0 Å². The molecule has 22 heavy (non-hydrogen) atoms. The zero-order valence-electron chi connectivity index (χ0n) is 12.5. The molecular weight excluding hydrogens is 296 g/mol. The number of ether oxygens (including phenoxy) is 1. The third kappa shape index (κ3) is 4.63. The second-order valence-electron chi connectivity index (χ2n) is 4.55. The molecule has 114 valence electrons. The summed E-state index contributed by atoms with van der Waals surface area (Å²) in [5.74, 6) is 0.576. The molecule has 1 N–H and O–H groups in total. The van der Waals surface area contributed by atoms with Crippen molar-refractivity contribution in [2.45, 2.75) is 17.1 Å². The van der Waals surface area contributed by atoms with E-state index in [4.69, 9.17) is 4.74 Å². The zero-order chi connectivity index (χ0) is 15.8. The van der Waals surface area contributed by atoms with E-state index < -0.39 is 0 Å². The van der Waals surface area contributed by atoms with E-state index in [1.807, 2.05) is 61.5 Å². The lowest BCUT2D eigenvalue weighted by Gasteiger charge is -2.09. The molecule has 0 spiro atoms. The van der Waals surface area contributed by atoms with E-state index in [1.165, 1.54) is 11.8 Å². The summed E-state index contributed by atoms with van der Waals surface area (Å²) in [5.41, 5.74) is 3.37. The normalized spacial score (nSPS) is 12.1. The van der Waals surface area contributed by atoms with Crippen LogP contribution in [0.1, 0.15) is 12.5 Å². The summed E-state index contributed by atoms with van der Waals surface area (Å²) in [7, 11) is 1.60. The minimum absolute atomic E-state index is 0.139. The van der Waals surface area contributed by atoms with Gasteiger partial charge in [-0.25, -0.2) is 5.43 Å². The molecule has 0 unspecified atom stereocenters. The van der Waals surface area contributed by atoms with Gasteiger partial charge in [0.25, 0.3) is 5.91 Å². The molecule has 0 aliphatic heterocycles. The summed E-state index contributed by atoms with van der Waals surface area (Å²) in [6.45, 7) is 1.85. The van der Waals surface area contributed by atoms with Crippen LogP contribution in [0.2, 0.25) is 0 Å². The van der Waals surface area contributed by atoms with Crippen LogP contribution < -0.4 is 10.2 Å². The fraction of sp³-hybridized carbons (Fsp3) is 0.176. The van der Waals surface area contributed by atoms with Crippen molar-refractivity contribution in [3.8, 4) is 5.75 Å². The Morgan fingerprint density at radius 3 is 2.59 bits per heavy atom. The Labute approximate surface area is 134 Å². The van der Waals surface area contributed by atoms with Gasteiger partial charge in [0, 0.05) is 10.5 Å². The van der Waals surface area contributed by atoms with Gasteiger partial charge in [-0.3, -0.25) is 4.79 Å². The molecule has 0 fully saturated rings. The number of rotatable bonds is 6. The van der Waals surface area contributed by atoms with Crippen molar-refractivity contribution in [2.24, 2.45) is 5.10 Å². The first-order valence-electron chi connectivity index (χ1n) is 6.88. The number of methoxy groups -OCH3 is 1. The molecule has 0 saturated carbocycles. The molecule has 0 radical (unpaired) electrons. The smallest absolute Gasteiger partial charge is 0.253 e. The number of nitrogens with zero attached hydrogens (tertiary/aromatic N) is 1. The third-order valence-corrected chi connectivity index (χ3v) is 4.05. The van der Waals surface area contributed by atoms with Crippen LogP contribution in [0.4, 0.5) is 0 Å². The molecular formula is C17H18N2O2S. The van der Waals surface area contributed by atoms with Crippen LogP contribution in [0.5, 0.6) is 5.75 Å². The Kier molecular flexibility index (Phi) is 6.03. The van der Waals surface area contributed by atoms with Crippen LogP contribution in [-0.2, 0) is 4.79 Å². The number of benzene rings is 2. The van der Waals surface area contributed by atoms with E-state index in [-0.39, 0.29) is 11.2 Å². The van der Waals surface area contributed by atoms with Gasteiger partial charge in [0.1, 0.15) is 5.75 Å². The van der Waals surface area contributed by atoms with Crippen molar-refractivity contribution < 1.29 is 9.53 Å². The summed E-state index contributed by atoms with van der Waals surface area (Å²) in [4.78, 5) is 13.1. The lowest BCUT2D eigenvalue weighted by Crippen LogP contribution is -2.26. The Hall–Kier alpha value is -2.27. The lowest BCUT2D eigenvalue weighted by molar-refractivity contribution is -0.120. The van der Waals surface area contributed by atoms with Gasteiger partial charge in [-0.05, 0) is 31.2 Å². The van der Waals surface area contributed by atoms with E-state index in [0.717, 1.165) is 10.5 Å². The lowest BCUT2D eigenvalue weighted by atomic mass is 10.2. The summed E-state index contributed by atoms with van der Waals surface area (Å²) in [6, 6.07) is 17.3. The monoisotopic (exact) mass is 314 g/mol. The van der Waals surface area contributed by atoms with Crippen molar-refractivity contribution in [3.63, 3.8) is 0 Å². The summed E-state index contributed by atoms with van der Waals surface area (Å²) in [6.07, 6.45) is 1.58. The van der Waals surface area contributed by atoms with E-state index in [0.29, 0.717) is 5.75 Å². The fourth-order valence-corrected chi connectivity index (χ4v) is 2.67. The fourth-order valence-electron chi connectivity index (χ4n) is 1.79. The maximum absolute atomic E-state index is 12.0. The van der Waals surface area contributed by atoms with Gasteiger partial charge in [-0.15, -0.1) is 11.8 Å². The van der Waals surface area contributed by atoms with Gasteiger partial charge in [0.15, 0.2) is 0 Å². The second-order valence-corrected chi connectivity index (χ2v) is 5.96. The molecule has 0 aliphatic rings. The van der Waals surface area contributed by atoms with Gasteiger partial charge in [-0.2, -0.15) is 5.10 Å². The number of carbonyl (C=O) groups is 1. The molecule has 0 aliphatic carbocycles. The molecule has 0 heterocycles. The number of amides is 1. The van der Waals surface area contributed by atoms with Crippen LogP contribution >= 0.6 is 11.8 Å². The Morgan fingerprint density at radius 1 is 1.18 bits per heavy atom. The topological polar surface area (TPSA) is 50.7 Å². The Morgan fingerprint density at radius 2 is 1.86 bits per heavy atom. The van der Waals surface area contributed by atoms with Crippen LogP contribution in [0.25, 0.3) is 0 Å². The molecule has 4 nitrogen and oxygen atoms in total. The molecule has 0 aromatic heterocycles. The van der Waals surface area contributed by atoms with Crippen molar-refractivity contribution in [2.75, 3.05) is 7.11 Å². The maximum Gasteiger partial charge on any atom is 0.253 e. The van der Waals surface area contributed by atoms with E-state index in [2.05, 4.69) is 10.5 Å². The van der Waals surface area contributed by atoms with Crippen LogP contribution in [-0.4, -0.2) is 24.5 Å². The van der Waals surface area contributed by atoms with Crippen molar-refractivity contribution in [1.82, 2.24) is 5.43 Å². The van der Waals surface area contributed by atoms with Gasteiger partial charge >= 0.3 is 0 Å². The first-order chi connectivity index (χ1) is 10.7. The highest BCUT2D eigenvalue weighted by Gasteiger charge is 2.13. The number of hydrogen-bond donors (Lipinski definition) is 1. The van der Waals surface area contributed by atoms with Crippen LogP contribution in [0.15, 0.2) is 64.6 Å². The van der Waals surface area contributed by atoms with Crippen molar-refractivity contribution in [1.29, 1.82) is 0 Å². The molecule has 5 heteroatoms. The first kappa shape index (κ1) is 16.1. The van der Waals surface area contributed by atoms with Crippen molar-refractivity contribution >= 4 is 23.9 Å². The van der Waals surface area contributed by atoms with Crippen molar-refractivity contribution in [3.05, 3.63) is 60.2 Å². The van der Waals surface area contributed by atoms with Gasteiger partial charge in [-0.1, -0.05) is 30.3 Å². The standard InChI is InChI=1S/C17H18N2O2S/c1-13(22-15-9-4-3-5-10-15)17(20)19-18-12-14-8-6-7-11-16(14)21-2/h3-13H,1-2H3,(H,19,20)/b18-12-/t13-/m1/s1. The number of nitrogens with one attached hydrogen (secondary N) is 1. The molecule has 1 amide bonds. The Balaban J connectivity index is 1.90. The molecule has 1 atom stereocenters. The van der Waals surface area contributed by atoms with Gasteiger partial charge in [0.05, 0.1) is 18.6 Å². The largest absolute Gasteiger partial charge is 0.496 e. The molecule has 0 bridgehead atoms. The van der Waals surface area contributed by atoms with Crippen LogP contribution in [0, 0.1) is 0 Å². The van der Waals surface area contributed by atoms with E-state index in [9.17, 15) is 4.79 Å². The molecule has 2 aromatic carbocycles. The highest BCUT2D eigenvalue weighted by atomic mass is 32.2. The van der Waals surface area contributed by atoms with E-state index in [1.54, 1.807) is 13.3 Å². The second kappa shape index (κ2) is 8.24. The molecule has 2 rings (SSSR count). The average molecular weight is 314 g/mol. The number of hydrazone groups is 1. The predicted octanol–water partition coefficient (Wildman–Crippen LogP) is 3.33. The maximum atomic E-state index is 12.0. The van der Waals surface area contributed by atoms with Gasteiger partial charge < -0.3 is 4.74 Å². The number of para-hydroxylation sites is 1. The number of thioether (sulfide) groups is 1. The number of carbonyl (C=O) groups excluding carboxylic acids is 1. The quantitative estimate of drug-likeness (QED) is 0.505. The van der Waals surface area contributed by atoms with E-state index >= 15 is 0 Å². The summed E-state index contributed by atoms with van der Waals surface area (Å²) >= 11 is 1.49. The minimum Gasteiger partial charge on any atom is -0.496 e. The average Bonchev–Trinajstić information content (AvgIpc) is 2.56. The minimum atomic E-state index is -0.225. The van der Waals surface area contributed by atoms with Crippen LogP contribution in [0.3, 0.4) is 0 Å². The summed E-state index contributed by atoms with van der Waals surface area (Å²) in [5, 5.41) is 3.77. The first-order valence-corrected chi connectivity index (χ1v) is 7.76. The third-order valence-electron chi connectivity index (χ3n) is 2.94. The Bertz CT molecular complexity index is 644. The molecule has 0 saturated heterocycles. The SMILES string of the molecule is COc1ccccc1/C=N\NC(=O)[C@@H](C)Sc1ccccc1. The number of hydrogen-bond acceptors (Lipinski definition) is 4. The highest BCUT2D eigenvalue weighted by molar-refractivity contribution is 8.00.